The lowest BCUT2D eigenvalue weighted by Crippen LogP contribution is -2.25. The molecule has 0 saturated heterocycles. The number of hydrogen-bond acceptors (Lipinski definition) is 3. The fourth-order valence-electron chi connectivity index (χ4n) is 1.87. The summed E-state index contributed by atoms with van der Waals surface area (Å²) >= 11 is 3.50. The molecule has 1 aromatic carbocycles. The average molecular weight is 309 g/mol. The van der Waals surface area contributed by atoms with E-state index in [0.29, 0.717) is 0 Å². The summed E-state index contributed by atoms with van der Waals surface area (Å²) in [7, 11) is 1.89. The van der Waals surface area contributed by atoms with Crippen molar-refractivity contribution in [1.29, 1.82) is 0 Å². The standard InChI is InChI=1S/C13H17BrN4/c1-17-10-13(15-16-17)11-18(8-7-14)9-12-5-3-2-4-6-12/h2-6,10H,7-9,11H2,1H3. The third-order valence-corrected chi connectivity index (χ3v) is 3.04. The molecule has 0 aliphatic carbocycles. The van der Waals surface area contributed by atoms with Crippen molar-refractivity contribution in [2.45, 2.75) is 13.1 Å². The molecule has 0 bridgehead atoms. The topological polar surface area (TPSA) is 34.0 Å². The highest BCUT2D eigenvalue weighted by Gasteiger charge is 2.08. The van der Waals surface area contributed by atoms with E-state index < -0.39 is 0 Å². The molecular weight excluding hydrogens is 292 g/mol. The highest BCUT2D eigenvalue weighted by Crippen LogP contribution is 2.08. The first-order valence-corrected chi connectivity index (χ1v) is 7.07. The summed E-state index contributed by atoms with van der Waals surface area (Å²) in [4.78, 5) is 2.36. The minimum atomic E-state index is 0.828. The molecule has 0 fully saturated rings. The highest BCUT2D eigenvalue weighted by atomic mass is 79.9. The summed E-state index contributed by atoms with van der Waals surface area (Å²) in [6, 6.07) is 10.5. The van der Waals surface area contributed by atoms with Crippen molar-refractivity contribution in [1.82, 2.24) is 19.9 Å². The maximum Gasteiger partial charge on any atom is 0.0967 e. The second-order valence-electron chi connectivity index (χ2n) is 4.27. The van der Waals surface area contributed by atoms with Crippen LogP contribution in [0.1, 0.15) is 11.3 Å². The first-order chi connectivity index (χ1) is 8.78. The molecule has 0 saturated carbocycles. The fraction of sp³-hybridized carbons (Fsp3) is 0.385. The molecule has 4 nitrogen and oxygen atoms in total. The average Bonchev–Trinajstić information content (AvgIpc) is 2.76. The zero-order valence-electron chi connectivity index (χ0n) is 10.5. The molecule has 0 radical (unpaired) electrons. The Balaban J connectivity index is 1.99. The summed E-state index contributed by atoms with van der Waals surface area (Å²) < 4.78 is 1.74. The summed E-state index contributed by atoms with van der Waals surface area (Å²) in [6.45, 7) is 2.75. The van der Waals surface area contributed by atoms with Gasteiger partial charge >= 0.3 is 0 Å². The molecule has 2 aromatic rings. The van der Waals surface area contributed by atoms with Gasteiger partial charge in [-0.25, -0.2) is 0 Å². The second kappa shape index (κ2) is 6.66. The van der Waals surface area contributed by atoms with Gasteiger partial charge in [-0.1, -0.05) is 51.5 Å². The van der Waals surface area contributed by atoms with Crippen LogP contribution >= 0.6 is 15.9 Å². The van der Waals surface area contributed by atoms with E-state index in [4.69, 9.17) is 0 Å². The SMILES string of the molecule is Cn1cc(CN(CCBr)Cc2ccccc2)nn1. The van der Waals surface area contributed by atoms with Gasteiger partial charge in [0, 0.05) is 38.2 Å². The molecule has 0 N–H and O–H groups in total. The van der Waals surface area contributed by atoms with Crippen LogP contribution in [-0.2, 0) is 20.1 Å². The monoisotopic (exact) mass is 308 g/mol. The molecule has 0 atom stereocenters. The Labute approximate surface area is 116 Å². The van der Waals surface area contributed by atoms with Gasteiger partial charge in [-0.2, -0.15) is 0 Å². The van der Waals surface area contributed by atoms with Crippen LogP contribution in [0.4, 0.5) is 0 Å². The Morgan fingerprint density at radius 2 is 2.00 bits per heavy atom. The lowest BCUT2D eigenvalue weighted by atomic mass is 10.2. The van der Waals surface area contributed by atoms with Gasteiger partial charge in [0.25, 0.3) is 0 Å². The van der Waals surface area contributed by atoms with E-state index in [-0.39, 0.29) is 0 Å². The molecule has 2 rings (SSSR count). The van der Waals surface area contributed by atoms with Crippen LogP contribution in [0.2, 0.25) is 0 Å². The predicted octanol–water partition coefficient (Wildman–Crippen LogP) is 2.21. The van der Waals surface area contributed by atoms with E-state index >= 15 is 0 Å². The Bertz CT molecular complexity index is 469. The first-order valence-electron chi connectivity index (χ1n) is 5.95. The van der Waals surface area contributed by atoms with E-state index in [9.17, 15) is 0 Å². The van der Waals surface area contributed by atoms with Crippen molar-refractivity contribution < 1.29 is 0 Å². The van der Waals surface area contributed by atoms with Crippen LogP contribution in [0, 0.1) is 0 Å². The first kappa shape index (κ1) is 13.2. The van der Waals surface area contributed by atoms with Gasteiger partial charge in [-0.15, -0.1) is 5.10 Å². The Morgan fingerprint density at radius 3 is 2.61 bits per heavy atom. The zero-order chi connectivity index (χ0) is 12.8. The van der Waals surface area contributed by atoms with Crippen LogP contribution in [0.15, 0.2) is 36.5 Å². The van der Waals surface area contributed by atoms with Gasteiger partial charge in [0.1, 0.15) is 0 Å². The van der Waals surface area contributed by atoms with E-state index in [2.05, 4.69) is 55.4 Å². The normalized spacial score (nSPS) is 11.1. The van der Waals surface area contributed by atoms with Gasteiger partial charge < -0.3 is 0 Å². The van der Waals surface area contributed by atoms with Crippen molar-refractivity contribution in [2.24, 2.45) is 7.05 Å². The van der Waals surface area contributed by atoms with Crippen LogP contribution < -0.4 is 0 Å². The molecular formula is C13H17BrN4. The number of aromatic nitrogens is 3. The maximum atomic E-state index is 4.14. The summed E-state index contributed by atoms with van der Waals surface area (Å²) in [5, 5.41) is 9.06. The molecule has 96 valence electrons. The lowest BCUT2D eigenvalue weighted by Gasteiger charge is -2.20. The van der Waals surface area contributed by atoms with Crippen molar-refractivity contribution in [3.63, 3.8) is 0 Å². The number of nitrogens with zero attached hydrogens (tertiary/aromatic N) is 4. The van der Waals surface area contributed by atoms with Crippen LogP contribution in [0.3, 0.4) is 0 Å². The summed E-state index contributed by atoms with van der Waals surface area (Å²) in [6.07, 6.45) is 1.96. The van der Waals surface area contributed by atoms with Gasteiger partial charge in [-0.05, 0) is 5.56 Å². The summed E-state index contributed by atoms with van der Waals surface area (Å²) in [5.74, 6) is 0. The quantitative estimate of drug-likeness (QED) is 0.767. The molecule has 0 unspecified atom stereocenters. The third kappa shape index (κ3) is 3.92. The number of hydrogen-bond donors (Lipinski definition) is 0. The Kier molecular flexibility index (Phi) is 4.90. The minimum absolute atomic E-state index is 0.828. The van der Waals surface area contributed by atoms with Crippen molar-refractivity contribution in [3.8, 4) is 0 Å². The lowest BCUT2D eigenvalue weighted by molar-refractivity contribution is 0.271. The van der Waals surface area contributed by atoms with Crippen molar-refractivity contribution in [2.75, 3.05) is 11.9 Å². The van der Waals surface area contributed by atoms with E-state index in [0.717, 1.165) is 30.7 Å². The smallest absolute Gasteiger partial charge is 0.0967 e. The number of alkyl halides is 1. The van der Waals surface area contributed by atoms with Gasteiger partial charge in [-0.3, -0.25) is 9.58 Å². The van der Waals surface area contributed by atoms with Crippen LogP contribution in [0.25, 0.3) is 0 Å². The molecule has 0 amide bonds. The number of rotatable bonds is 6. The number of halogens is 1. The van der Waals surface area contributed by atoms with E-state index in [1.165, 1.54) is 5.56 Å². The third-order valence-electron chi connectivity index (χ3n) is 2.69. The molecule has 1 heterocycles. The Morgan fingerprint density at radius 1 is 1.22 bits per heavy atom. The zero-order valence-corrected chi connectivity index (χ0v) is 12.0. The van der Waals surface area contributed by atoms with Crippen LogP contribution in [-0.4, -0.2) is 31.8 Å². The van der Waals surface area contributed by atoms with E-state index in [1.807, 2.05) is 19.3 Å². The molecule has 18 heavy (non-hydrogen) atoms. The number of benzene rings is 1. The maximum absolute atomic E-state index is 4.14. The highest BCUT2D eigenvalue weighted by molar-refractivity contribution is 9.09. The van der Waals surface area contributed by atoms with Gasteiger partial charge in [0.15, 0.2) is 0 Å². The summed E-state index contributed by atoms with van der Waals surface area (Å²) in [5.41, 5.74) is 2.33. The fourth-order valence-corrected chi connectivity index (χ4v) is 2.37. The predicted molar refractivity (Wildman–Crippen MR) is 75.4 cm³/mol. The number of aryl methyl sites for hydroxylation is 1. The van der Waals surface area contributed by atoms with Gasteiger partial charge in [0.2, 0.25) is 0 Å². The second-order valence-corrected chi connectivity index (χ2v) is 5.06. The molecule has 5 heteroatoms. The molecule has 0 spiro atoms. The van der Waals surface area contributed by atoms with Crippen molar-refractivity contribution in [3.05, 3.63) is 47.8 Å². The Hall–Kier alpha value is -1.20. The largest absolute Gasteiger partial charge is 0.292 e. The van der Waals surface area contributed by atoms with Gasteiger partial charge in [0.05, 0.1) is 5.69 Å². The molecule has 0 aliphatic rings. The molecule has 0 aliphatic heterocycles. The van der Waals surface area contributed by atoms with Crippen LogP contribution in [0.5, 0.6) is 0 Å². The van der Waals surface area contributed by atoms with Crippen molar-refractivity contribution >= 4 is 15.9 Å². The minimum Gasteiger partial charge on any atom is -0.292 e. The molecule has 1 aromatic heterocycles. The van der Waals surface area contributed by atoms with E-state index in [1.54, 1.807) is 4.68 Å².